The molecule has 116 valence electrons. The molecule has 0 aliphatic carbocycles. The van der Waals surface area contributed by atoms with Crippen LogP contribution in [0.5, 0.6) is 5.75 Å². The molecule has 0 aliphatic rings. The van der Waals surface area contributed by atoms with Gasteiger partial charge in [-0.2, -0.15) is 8.78 Å². The van der Waals surface area contributed by atoms with Gasteiger partial charge in [0, 0.05) is 5.57 Å². The Balaban J connectivity index is 2.58. The molecule has 0 aliphatic heterocycles. The number of ether oxygens (including phenoxy) is 2. The maximum Gasteiger partial charge on any atom is 0.387 e. The number of carbonyl (C=O) groups excluding carboxylic acids is 1. The van der Waals surface area contributed by atoms with Crippen molar-refractivity contribution in [1.82, 2.24) is 0 Å². The molecular formula is C16H20F2O3. The lowest BCUT2D eigenvalue weighted by atomic mass is 10.0. The Labute approximate surface area is 123 Å². The standard InChI is InChI=1S/C16H20F2O3/c1-4-20-15(19)12(3)11(2)5-6-13-7-9-14(10-8-13)21-16(17)18/h7-10,16H,4-6H2,1-3H3/b12-11-. The minimum atomic E-state index is -2.81. The van der Waals surface area contributed by atoms with Gasteiger partial charge in [0.05, 0.1) is 6.61 Å². The fourth-order valence-corrected chi connectivity index (χ4v) is 1.77. The first-order valence-corrected chi connectivity index (χ1v) is 6.81. The summed E-state index contributed by atoms with van der Waals surface area (Å²) in [7, 11) is 0. The average Bonchev–Trinajstić information content (AvgIpc) is 2.45. The summed E-state index contributed by atoms with van der Waals surface area (Å²) in [6.45, 7) is 2.94. The van der Waals surface area contributed by atoms with E-state index in [0.29, 0.717) is 18.6 Å². The Morgan fingerprint density at radius 2 is 1.81 bits per heavy atom. The quantitative estimate of drug-likeness (QED) is 0.561. The highest BCUT2D eigenvalue weighted by atomic mass is 19.3. The van der Waals surface area contributed by atoms with E-state index in [4.69, 9.17) is 4.74 Å². The molecule has 0 amide bonds. The van der Waals surface area contributed by atoms with E-state index in [9.17, 15) is 13.6 Å². The lowest BCUT2D eigenvalue weighted by molar-refractivity contribution is -0.138. The summed E-state index contributed by atoms with van der Waals surface area (Å²) in [5.41, 5.74) is 2.57. The number of rotatable bonds is 7. The zero-order chi connectivity index (χ0) is 15.8. The van der Waals surface area contributed by atoms with Crippen molar-refractivity contribution in [2.24, 2.45) is 0 Å². The number of carbonyl (C=O) groups is 1. The molecule has 3 nitrogen and oxygen atoms in total. The summed E-state index contributed by atoms with van der Waals surface area (Å²) in [4.78, 5) is 11.6. The van der Waals surface area contributed by atoms with Crippen molar-refractivity contribution in [3.05, 3.63) is 41.0 Å². The van der Waals surface area contributed by atoms with E-state index in [1.807, 2.05) is 6.92 Å². The molecule has 0 heterocycles. The molecule has 0 bridgehead atoms. The third kappa shape index (κ3) is 5.94. The molecule has 0 saturated heterocycles. The van der Waals surface area contributed by atoms with E-state index in [1.165, 1.54) is 12.1 Å². The normalized spacial score (nSPS) is 12.1. The minimum absolute atomic E-state index is 0.142. The van der Waals surface area contributed by atoms with Gasteiger partial charge in [-0.25, -0.2) is 4.79 Å². The number of allylic oxidation sites excluding steroid dienone is 1. The maximum atomic E-state index is 12.0. The summed E-state index contributed by atoms with van der Waals surface area (Å²) >= 11 is 0. The van der Waals surface area contributed by atoms with E-state index in [1.54, 1.807) is 26.0 Å². The summed E-state index contributed by atoms with van der Waals surface area (Å²) in [5.74, 6) is -0.153. The second kappa shape index (κ2) is 8.39. The zero-order valence-electron chi connectivity index (χ0n) is 12.5. The number of benzene rings is 1. The predicted molar refractivity (Wildman–Crippen MR) is 76.4 cm³/mol. The molecule has 21 heavy (non-hydrogen) atoms. The van der Waals surface area contributed by atoms with Crippen LogP contribution in [0.15, 0.2) is 35.4 Å². The topological polar surface area (TPSA) is 35.5 Å². The summed E-state index contributed by atoms with van der Waals surface area (Å²) in [6, 6.07) is 6.51. The Morgan fingerprint density at radius 3 is 2.33 bits per heavy atom. The van der Waals surface area contributed by atoms with Gasteiger partial charge in [-0.3, -0.25) is 0 Å². The average molecular weight is 298 g/mol. The van der Waals surface area contributed by atoms with E-state index < -0.39 is 6.61 Å². The van der Waals surface area contributed by atoms with Crippen LogP contribution in [0.3, 0.4) is 0 Å². The fourth-order valence-electron chi connectivity index (χ4n) is 1.77. The molecule has 0 N–H and O–H groups in total. The van der Waals surface area contributed by atoms with Crippen molar-refractivity contribution in [1.29, 1.82) is 0 Å². The van der Waals surface area contributed by atoms with Crippen LogP contribution in [0, 0.1) is 0 Å². The van der Waals surface area contributed by atoms with Gasteiger partial charge in [0.2, 0.25) is 0 Å². The zero-order valence-corrected chi connectivity index (χ0v) is 12.5. The van der Waals surface area contributed by atoms with Crippen molar-refractivity contribution >= 4 is 5.97 Å². The van der Waals surface area contributed by atoms with Crippen LogP contribution in [0.2, 0.25) is 0 Å². The van der Waals surface area contributed by atoms with Gasteiger partial charge in [-0.15, -0.1) is 0 Å². The third-order valence-electron chi connectivity index (χ3n) is 3.16. The smallest absolute Gasteiger partial charge is 0.387 e. The molecule has 1 aromatic rings. The first-order chi connectivity index (χ1) is 9.93. The number of hydrogen-bond acceptors (Lipinski definition) is 3. The van der Waals surface area contributed by atoms with Gasteiger partial charge in [-0.1, -0.05) is 17.7 Å². The van der Waals surface area contributed by atoms with E-state index in [-0.39, 0.29) is 11.7 Å². The highest BCUT2D eigenvalue weighted by Crippen LogP contribution is 2.18. The Kier molecular flexibility index (Phi) is 6.85. The van der Waals surface area contributed by atoms with Gasteiger partial charge in [-0.05, 0) is 51.3 Å². The van der Waals surface area contributed by atoms with Crippen LogP contribution in [-0.2, 0) is 16.0 Å². The van der Waals surface area contributed by atoms with E-state index >= 15 is 0 Å². The van der Waals surface area contributed by atoms with Gasteiger partial charge in [0.25, 0.3) is 0 Å². The van der Waals surface area contributed by atoms with Crippen molar-refractivity contribution in [2.45, 2.75) is 40.2 Å². The predicted octanol–water partition coefficient (Wildman–Crippen LogP) is 4.12. The molecule has 0 atom stereocenters. The molecular weight excluding hydrogens is 278 g/mol. The van der Waals surface area contributed by atoms with Gasteiger partial charge < -0.3 is 9.47 Å². The van der Waals surface area contributed by atoms with Crippen molar-refractivity contribution < 1.29 is 23.0 Å². The minimum Gasteiger partial charge on any atom is -0.463 e. The lowest BCUT2D eigenvalue weighted by Gasteiger charge is -2.08. The number of esters is 1. The van der Waals surface area contributed by atoms with Crippen LogP contribution in [0.4, 0.5) is 8.78 Å². The van der Waals surface area contributed by atoms with Gasteiger partial charge in [0.1, 0.15) is 5.75 Å². The molecule has 0 spiro atoms. The summed E-state index contributed by atoms with van der Waals surface area (Å²) in [6.07, 6.45) is 1.43. The molecule has 0 saturated carbocycles. The van der Waals surface area contributed by atoms with Gasteiger partial charge in [0.15, 0.2) is 0 Å². The SMILES string of the molecule is CCOC(=O)/C(C)=C(/C)CCc1ccc(OC(F)F)cc1. The lowest BCUT2D eigenvalue weighted by Crippen LogP contribution is -2.07. The molecule has 5 heteroatoms. The molecule has 1 rings (SSSR count). The second-order valence-electron chi connectivity index (χ2n) is 4.65. The Hall–Kier alpha value is -1.91. The number of halogens is 2. The van der Waals surface area contributed by atoms with Gasteiger partial charge >= 0.3 is 12.6 Å². The maximum absolute atomic E-state index is 12.0. The van der Waals surface area contributed by atoms with Crippen molar-refractivity contribution in [2.75, 3.05) is 6.61 Å². The molecule has 0 unspecified atom stereocenters. The van der Waals surface area contributed by atoms with Crippen LogP contribution >= 0.6 is 0 Å². The summed E-state index contributed by atoms with van der Waals surface area (Å²) < 4.78 is 33.3. The first kappa shape index (κ1) is 17.1. The highest BCUT2D eigenvalue weighted by Gasteiger charge is 2.09. The fraction of sp³-hybridized carbons (Fsp3) is 0.438. The molecule has 0 aromatic heterocycles. The monoisotopic (exact) mass is 298 g/mol. The van der Waals surface area contributed by atoms with Crippen molar-refractivity contribution in [3.63, 3.8) is 0 Å². The van der Waals surface area contributed by atoms with Crippen molar-refractivity contribution in [3.8, 4) is 5.75 Å². The largest absolute Gasteiger partial charge is 0.463 e. The van der Waals surface area contributed by atoms with Crippen LogP contribution in [-0.4, -0.2) is 19.2 Å². The highest BCUT2D eigenvalue weighted by molar-refractivity contribution is 5.88. The number of aryl methyl sites for hydroxylation is 1. The Bertz CT molecular complexity index is 493. The van der Waals surface area contributed by atoms with E-state index in [2.05, 4.69) is 4.74 Å². The number of alkyl halides is 2. The molecule has 1 aromatic carbocycles. The summed E-state index contributed by atoms with van der Waals surface area (Å²) in [5, 5.41) is 0. The number of hydrogen-bond donors (Lipinski definition) is 0. The third-order valence-corrected chi connectivity index (χ3v) is 3.16. The Morgan fingerprint density at radius 1 is 1.19 bits per heavy atom. The van der Waals surface area contributed by atoms with Crippen LogP contribution < -0.4 is 4.74 Å². The second-order valence-corrected chi connectivity index (χ2v) is 4.65. The van der Waals surface area contributed by atoms with E-state index in [0.717, 1.165) is 17.6 Å². The first-order valence-electron chi connectivity index (χ1n) is 6.81. The molecule has 0 radical (unpaired) electrons. The van der Waals surface area contributed by atoms with Crippen LogP contribution in [0.25, 0.3) is 0 Å². The van der Waals surface area contributed by atoms with Crippen LogP contribution in [0.1, 0.15) is 32.8 Å². The molecule has 0 fully saturated rings.